The number of hydrogen-bond acceptors (Lipinski definition) is 2. The van der Waals surface area contributed by atoms with Gasteiger partial charge in [0, 0.05) is 6.20 Å². The normalized spacial score (nSPS) is 9.82. The molecular formula is C18H19FFeN2. The molecule has 0 saturated heterocycles. The van der Waals surface area contributed by atoms with Crippen molar-refractivity contribution in [2.45, 2.75) is 6.54 Å². The van der Waals surface area contributed by atoms with Crippen LogP contribution in [0.1, 0.15) is 5.56 Å². The number of hydrogen-bond donors (Lipinski definition) is 0. The monoisotopic (exact) mass is 338 g/mol. The van der Waals surface area contributed by atoms with E-state index in [0.29, 0.717) is 0 Å². The predicted molar refractivity (Wildman–Crippen MR) is 84.7 cm³/mol. The van der Waals surface area contributed by atoms with Gasteiger partial charge in [-0.1, -0.05) is 17.2 Å². The van der Waals surface area contributed by atoms with Crippen molar-refractivity contribution < 1.29 is 21.5 Å². The Morgan fingerprint density at radius 2 is 1.95 bits per heavy atom. The van der Waals surface area contributed by atoms with Crippen molar-refractivity contribution in [1.29, 1.82) is 0 Å². The molecule has 0 unspecified atom stereocenters. The molecule has 0 amide bonds. The maximum Gasteiger partial charge on any atom is 2.00 e. The molecule has 4 heteroatoms. The first-order valence-electron chi connectivity index (χ1n) is 6.83. The van der Waals surface area contributed by atoms with Crippen LogP contribution in [0, 0.1) is 5.82 Å². The summed E-state index contributed by atoms with van der Waals surface area (Å²) in [5.74, 6) is -0.298. The number of pyridine rings is 1. The molecule has 0 radical (unpaired) electrons. The fraction of sp³-hybridized carbons (Fsp3) is 0.167. The van der Waals surface area contributed by atoms with Crippen molar-refractivity contribution in [2.24, 2.45) is 0 Å². The Morgan fingerprint density at radius 1 is 1.23 bits per heavy atom. The van der Waals surface area contributed by atoms with Crippen molar-refractivity contribution in [2.75, 3.05) is 14.1 Å². The third kappa shape index (κ3) is 5.94. The third-order valence-electron chi connectivity index (χ3n) is 2.91. The molecule has 3 rings (SSSR count). The minimum absolute atomic E-state index is 0. The van der Waals surface area contributed by atoms with Gasteiger partial charge in [-0.2, -0.15) is 18.2 Å². The van der Waals surface area contributed by atoms with E-state index < -0.39 is 0 Å². The molecule has 116 valence electrons. The van der Waals surface area contributed by atoms with Crippen LogP contribution in [0.3, 0.4) is 0 Å². The molecule has 1 aromatic heterocycles. The summed E-state index contributed by atoms with van der Waals surface area (Å²) >= 11 is 0. The molecule has 3 aromatic rings. The Hall–Kier alpha value is -1.74. The molecule has 0 spiro atoms. The van der Waals surface area contributed by atoms with Crippen molar-refractivity contribution >= 4 is 0 Å². The second-order valence-electron chi connectivity index (χ2n) is 5.10. The maximum absolute atomic E-state index is 13.0. The van der Waals surface area contributed by atoms with Crippen LogP contribution >= 0.6 is 0 Å². The van der Waals surface area contributed by atoms with Gasteiger partial charge in [0.25, 0.3) is 0 Å². The van der Waals surface area contributed by atoms with Gasteiger partial charge in [0.05, 0.1) is 0 Å². The second-order valence-corrected chi connectivity index (χ2v) is 5.10. The van der Waals surface area contributed by atoms with E-state index in [1.165, 1.54) is 17.8 Å². The fourth-order valence-electron chi connectivity index (χ4n) is 2.03. The van der Waals surface area contributed by atoms with Crippen LogP contribution in [-0.4, -0.2) is 24.0 Å². The van der Waals surface area contributed by atoms with Crippen molar-refractivity contribution in [3.63, 3.8) is 0 Å². The van der Waals surface area contributed by atoms with Gasteiger partial charge in [0.2, 0.25) is 0 Å². The SMILES string of the molecule is CN(C)Cc1cc[c-](-c2cncc(F)c2)c1.[Fe+2].c1cc[cH-]c1. The van der Waals surface area contributed by atoms with Crippen molar-refractivity contribution in [1.82, 2.24) is 9.88 Å². The number of nitrogens with zero attached hydrogens (tertiary/aromatic N) is 2. The van der Waals surface area contributed by atoms with Crippen molar-refractivity contribution in [3.8, 4) is 11.1 Å². The average molecular weight is 338 g/mol. The Kier molecular flexibility index (Phi) is 7.75. The van der Waals surface area contributed by atoms with Crippen LogP contribution < -0.4 is 0 Å². The summed E-state index contributed by atoms with van der Waals surface area (Å²) in [4.78, 5) is 5.95. The molecule has 22 heavy (non-hydrogen) atoms. The van der Waals surface area contributed by atoms with E-state index in [1.54, 1.807) is 6.20 Å². The first-order chi connectivity index (χ1) is 10.1. The first-order valence-corrected chi connectivity index (χ1v) is 6.83. The van der Waals surface area contributed by atoms with Gasteiger partial charge in [-0.15, -0.1) is 23.8 Å². The topological polar surface area (TPSA) is 16.1 Å². The van der Waals surface area contributed by atoms with E-state index in [-0.39, 0.29) is 22.9 Å². The van der Waals surface area contributed by atoms with Crippen LogP contribution in [0.2, 0.25) is 0 Å². The summed E-state index contributed by atoms with van der Waals surface area (Å²) in [5, 5.41) is 0. The van der Waals surface area contributed by atoms with E-state index >= 15 is 0 Å². The van der Waals surface area contributed by atoms with E-state index in [2.05, 4.69) is 22.0 Å². The molecular weight excluding hydrogens is 319 g/mol. The first kappa shape index (κ1) is 18.3. The predicted octanol–water partition coefficient (Wildman–Crippen LogP) is 4.07. The molecule has 2 nitrogen and oxygen atoms in total. The molecule has 0 aliphatic carbocycles. The Balaban J connectivity index is 0.000000344. The zero-order chi connectivity index (χ0) is 15.1. The molecule has 0 bridgehead atoms. The van der Waals surface area contributed by atoms with E-state index in [4.69, 9.17) is 0 Å². The summed E-state index contributed by atoms with van der Waals surface area (Å²) in [6.45, 7) is 0.892. The fourth-order valence-corrected chi connectivity index (χ4v) is 2.03. The van der Waals surface area contributed by atoms with Gasteiger partial charge in [-0.05, 0) is 26.8 Å². The summed E-state index contributed by atoms with van der Waals surface area (Å²) < 4.78 is 13.0. The zero-order valence-corrected chi connectivity index (χ0v) is 13.8. The molecule has 1 heterocycles. The summed E-state index contributed by atoms with van der Waals surface area (Å²) in [7, 11) is 4.05. The standard InChI is InChI=1S/C13H14FN2.C5H5.Fe/c1-16(2)9-10-3-4-11(5-10)12-6-13(14)8-15-7-12;1-2-4-5-3-1;/h3-8H,9H2,1-2H3;1-5H;/q2*-1;+2. The Morgan fingerprint density at radius 3 is 2.50 bits per heavy atom. The largest absolute Gasteiger partial charge is 2.00 e. The Labute approximate surface area is 141 Å². The van der Waals surface area contributed by atoms with Gasteiger partial charge in [0.1, 0.15) is 5.82 Å². The number of rotatable bonds is 3. The van der Waals surface area contributed by atoms with E-state index in [0.717, 1.165) is 17.7 Å². The van der Waals surface area contributed by atoms with Crippen LogP contribution in [0.15, 0.2) is 67.0 Å². The average Bonchev–Trinajstić information content (AvgIpc) is 3.12. The van der Waals surface area contributed by atoms with Gasteiger partial charge in [0.15, 0.2) is 0 Å². The molecule has 0 aliphatic rings. The van der Waals surface area contributed by atoms with Crippen LogP contribution in [-0.2, 0) is 23.6 Å². The molecule has 0 fully saturated rings. The summed E-state index contributed by atoms with van der Waals surface area (Å²) in [6.07, 6.45) is 2.89. The van der Waals surface area contributed by atoms with Gasteiger partial charge >= 0.3 is 17.1 Å². The number of halogens is 1. The molecule has 0 aliphatic heterocycles. The Bertz CT molecular complexity index is 627. The maximum atomic E-state index is 13.0. The van der Waals surface area contributed by atoms with Crippen LogP contribution in [0.25, 0.3) is 11.1 Å². The zero-order valence-electron chi connectivity index (χ0n) is 12.7. The van der Waals surface area contributed by atoms with Gasteiger partial charge < -0.3 is 9.88 Å². The molecule has 0 atom stereocenters. The van der Waals surface area contributed by atoms with Crippen LogP contribution in [0.5, 0.6) is 0 Å². The quantitative estimate of drug-likeness (QED) is 0.529. The summed E-state index contributed by atoms with van der Waals surface area (Å²) in [6, 6.07) is 17.6. The second kappa shape index (κ2) is 9.31. The minimum Gasteiger partial charge on any atom is -0.313 e. The summed E-state index contributed by atoms with van der Waals surface area (Å²) in [5.41, 5.74) is 3.07. The van der Waals surface area contributed by atoms with Gasteiger partial charge in [-0.25, -0.2) is 16.5 Å². The number of aromatic nitrogens is 1. The van der Waals surface area contributed by atoms with Crippen LogP contribution in [0.4, 0.5) is 4.39 Å². The minimum atomic E-state index is -0.298. The van der Waals surface area contributed by atoms with Gasteiger partial charge in [-0.3, -0.25) is 0 Å². The van der Waals surface area contributed by atoms with Crippen molar-refractivity contribution in [3.05, 3.63) is 78.4 Å². The molecule has 0 saturated carbocycles. The van der Waals surface area contributed by atoms with E-state index in [1.807, 2.05) is 50.5 Å². The smallest absolute Gasteiger partial charge is 0.313 e. The molecule has 0 N–H and O–H groups in total. The molecule has 2 aromatic carbocycles. The third-order valence-corrected chi connectivity index (χ3v) is 2.91. The van der Waals surface area contributed by atoms with E-state index in [9.17, 15) is 4.39 Å².